The lowest BCUT2D eigenvalue weighted by molar-refractivity contribution is -0.137. The first-order valence-corrected chi connectivity index (χ1v) is 24.2. The first-order valence-electron chi connectivity index (χ1n) is 24.2. The minimum atomic E-state index is -5.21. The monoisotopic (exact) mass is 1000 g/mol. The molecule has 2 aromatic heterocycles. The maximum Gasteiger partial charge on any atom is 0.420 e. The summed E-state index contributed by atoms with van der Waals surface area (Å²) in [6.07, 6.45) is -5.21. The molecule has 2 nitrogen and oxygen atoms in total. The van der Waals surface area contributed by atoms with Crippen LogP contribution in [0, 0.1) is 56.8 Å². The van der Waals surface area contributed by atoms with Gasteiger partial charge >= 0.3 is 6.18 Å². The minimum Gasteiger partial charge on any atom is -0.309 e. The fourth-order valence-corrected chi connectivity index (χ4v) is 10.5. The number of benzene rings is 10. The van der Waals surface area contributed by atoms with Crippen LogP contribution in [0.4, 0.5) is 35.1 Å². The van der Waals surface area contributed by atoms with Gasteiger partial charge in [-0.25, -0.2) is 22.0 Å². The standard InChI is InChI=1S/C65H42F8N2/c1-35-5-13-39(14-6-35)43-21-25-52-48(29-43)49-30-44(40-15-7-36(2)8-16-40)22-26-53(49)74(52)56-33-47(58-60(66)62(68)64(70)63(69)61(58)67)34-57(59(56)65(71,72)73)75-54-27-23-45(41-17-9-37(3)10-18-41)31-50(54)51-32-46(24-28-55(51)75)42-19-11-38(4)12-20-42/h5-34H,1-4H3. The first-order chi connectivity index (χ1) is 36.0. The van der Waals surface area contributed by atoms with Crippen LogP contribution in [0.25, 0.3) is 111 Å². The number of halogens is 8. The first kappa shape index (κ1) is 47.3. The highest BCUT2D eigenvalue weighted by molar-refractivity contribution is 6.14. The number of alkyl halides is 3. The minimum absolute atomic E-state index is 0.292. The molecule has 0 N–H and O–H groups in total. The zero-order valence-electron chi connectivity index (χ0n) is 40.7. The smallest absolute Gasteiger partial charge is 0.309 e. The SMILES string of the molecule is Cc1ccc(-c2ccc3c(c2)c2cc(-c4ccc(C)cc4)ccc2n3-c2cc(-c3c(F)c(F)c(F)c(F)c3F)cc(-n3c4ccc(-c5ccc(C)cc5)cc4c4cc(-c5ccc(C)cc5)ccc43)c2C(F)(F)F)cc1. The molecule has 10 aromatic carbocycles. The molecule has 0 bridgehead atoms. The van der Waals surface area contributed by atoms with E-state index in [4.69, 9.17) is 0 Å². The summed E-state index contributed by atoms with van der Waals surface area (Å²) < 4.78 is 132. The van der Waals surface area contributed by atoms with Crippen molar-refractivity contribution in [3.8, 4) is 67.0 Å². The van der Waals surface area contributed by atoms with Gasteiger partial charge in [0.1, 0.15) is 5.56 Å². The third kappa shape index (κ3) is 7.94. The Hall–Kier alpha value is -8.76. The lowest BCUT2D eigenvalue weighted by atomic mass is 9.97. The summed E-state index contributed by atoms with van der Waals surface area (Å²) in [5.41, 5.74) is 7.32. The number of aryl methyl sites for hydroxylation is 4. The Morgan fingerprint density at radius 1 is 0.280 bits per heavy atom. The zero-order valence-corrected chi connectivity index (χ0v) is 40.7. The van der Waals surface area contributed by atoms with E-state index in [1.165, 1.54) is 9.13 Å². The molecule has 0 radical (unpaired) electrons. The molecular weight excluding hydrogens is 961 g/mol. The van der Waals surface area contributed by atoms with Gasteiger partial charge in [0.05, 0.1) is 39.0 Å². The highest BCUT2D eigenvalue weighted by Gasteiger charge is 2.40. The number of fused-ring (bicyclic) bond motifs is 6. The van der Waals surface area contributed by atoms with Gasteiger partial charge in [0.2, 0.25) is 5.82 Å². The largest absolute Gasteiger partial charge is 0.420 e. The molecule has 0 saturated heterocycles. The summed E-state index contributed by atoms with van der Waals surface area (Å²) in [6.45, 7) is 7.85. The van der Waals surface area contributed by atoms with E-state index in [9.17, 15) is 4.39 Å². The quantitative estimate of drug-likeness (QED) is 0.0855. The van der Waals surface area contributed by atoms with E-state index < -0.39 is 63.3 Å². The van der Waals surface area contributed by atoms with Crippen LogP contribution < -0.4 is 0 Å². The summed E-state index contributed by atoms with van der Waals surface area (Å²) >= 11 is 0. The van der Waals surface area contributed by atoms with Crippen LogP contribution in [-0.2, 0) is 6.18 Å². The third-order valence-electron chi connectivity index (χ3n) is 14.4. The molecule has 0 saturated carbocycles. The predicted octanol–water partition coefficient (Wildman–Crippen LogP) is 19.2. The fourth-order valence-electron chi connectivity index (χ4n) is 10.5. The maximum absolute atomic E-state index is 16.9. The van der Waals surface area contributed by atoms with Crippen LogP contribution >= 0.6 is 0 Å². The van der Waals surface area contributed by atoms with Gasteiger partial charge in [0.25, 0.3) is 0 Å². The number of hydrogen-bond acceptors (Lipinski definition) is 0. The topological polar surface area (TPSA) is 9.86 Å². The van der Waals surface area contributed by atoms with Gasteiger partial charge in [-0.05, 0) is 138 Å². The third-order valence-corrected chi connectivity index (χ3v) is 14.4. The predicted molar refractivity (Wildman–Crippen MR) is 286 cm³/mol. The maximum atomic E-state index is 16.9. The van der Waals surface area contributed by atoms with Crippen LogP contribution in [0.2, 0.25) is 0 Å². The lowest BCUT2D eigenvalue weighted by Gasteiger charge is -2.23. The van der Waals surface area contributed by atoms with Gasteiger partial charge in [-0.2, -0.15) is 13.2 Å². The number of hydrogen-bond donors (Lipinski definition) is 0. The van der Waals surface area contributed by atoms with Crippen LogP contribution in [0.5, 0.6) is 0 Å². The Morgan fingerprint density at radius 3 is 0.773 bits per heavy atom. The van der Waals surface area contributed by atoms with Crippen molar-refractivity contribution in [1.29, 1.82) is 0 Å². The zero-order chi connectivity index (χ0) is 52.2. The van der Waals surface area contributed by atoms with E-state index in [0.29, 0.717) is 43.6 Å². The van der Waals surface area contributed by atoms with E-state index in [1.807, 2.05) is 149 Å². The van der Waals surface area contributed by atoms with E-state index in [2.05, 4.69) is 0 Å². The summed E-state index contributed by atoms with van der Waals surface area (Å²) in [4.78, 5) is 0. The summed E-state index contributed by atoms with van der Waals surface area (Å²) in [5, 5.41) is 2.21. The Labute approximate surface area is 426 Å². The summed E-state index contributed by atoms with van der Waals surface area (Å²) in [6, 6.07) is 54.6. The Bertz CT molecular complexity index is 3810. The van der Waals surface area contributed by atoms with Gasteiger partial charge < -0.3 is 9.13 Å². The van der Waals surface area contributed by atoms with Gasteiger partial charge in [-0.1, -0.05) is 144 Å². The molecule has 0 aliphatic carbocycles. The van der Waals surface area contributed by atoms with Gasteiger partial charge in [0, 0.05) is 21.5 Å². The highest BCUT2D eigenvalue weighted by atomic mass is 19.4. The Balaban J connectivity index is 1.23. The molecule has 2 heterocycles. The Morgan fingerprint density at radius 2 is 0.520 bits per heavy atom. The van der Waals surface area contributed by atoms with Crippen molar-refractivity contribution >= 4 is 43.6 Å². The van der Waals surface area contributed by atoms with Crippen molar-refractivity contribution in [2.45, 2.75) is 33.9 Å². The van der Waals surface area contributed by atoms with Crippen molar-refractivity contribution < 1.29 is 35.1 Å². The van der Waals surface area contributed by atoms with Crippen molar-refractivity contribution in [3.05, 3.63) is 239 Å². The molecule has 0 spiro atoms. The van der Waals surface area contributed by atoms with Crippen LogP contribution in [-0.4, -0.2) is 9.13 Å². The van der Waals surface area contributed by atoms with Crippen molar-refractivity contribution in [3.63, 3.8) is 0 Å². The molecule has 12 rings (SSSR count). The second kappa shape index (κ2) is 17.7. The highest BCUT2D eigenvalue weighted by Crippen LogP contribution is 2.48. The molecule has 0 fully saturated rings. The summed E-state index contributed by atoms with van der Waals surface area (Å²) in [7, 11) is 0. The molecule has 0 unspecified atom stereocenters. The molecule has 0 amide bonds. The van der Waals surface area contributed by atoms with Crippen molar-refractivity contribution in [1.82, 2.24) is 9.13 Å². The average molecular weight is 1000 g/mol. The molecular formula is C65H42F8N2. The molecule has 368 valence electrons. The van der Waals surface area contributed by atoms with Gasteiger partial charge in [0.15, 0.2) is 23.3 Å². The number of nitrogens with zero attached hydrogens (tertiary/aromatic N) is 2. The molecule has 12 aromatic rings. The number of aromatic nitrogens is 2. The molecule has 0 aliphatic rings. The second-order valence-electron chi connectivity index (χ2n) is 19.4. The fraction of sp³-hybridized carbons (Fsp3) is 0.0769. The van der Waals surface area contributed by atoms with Crippen LogP contribution in [0.1, 0.15) is 27.8 Å². The van der Waals surface area contributed by atoms with Crippen LogP contribution in [0.15, 0.2) is 182 Å². The molecule has 10 heteroatoms. The van der Waals surface area contributed by atoms with Crippen LogP contribution in [0.3, 0.4) is 0 Å². The molecule has 0 aliphatic heterocycles. The van der Waals surface area contributed by atoms with E-state index >= 15 is 30.7 Å². The van der Waals surface area contributed by atoms with E-state index in [0.717, 1.165) is 78.9 Å². The molecule has 75 heavy (non-hydrogen) atoms. The summed E-state index contributed by atoms with van der Waals surface area (Å²) in [5.74, 6) is -11.2. The molecule has 0 atom stereocenters. The number of rotatable bonds is 7. The second-order valence-corrected chi connectivity index (χ2v) is 19.4. The van der Waals surface area contributed by atoms with Gasteiger partial charge in [-0.3, -0.25) is 0 Å². The average Bonchev–Trinajstić information content (AvgIpc) is 3.94. The lowest BCUT2D eigenvalue weighted by Crippen LogP contribution is -2.16. The van der Waals surface area contributed by atoms with E-state index in [-0.39, 0.29) is 0 Å². The van der Waals surface area contributed by atoms with E-state index in [1.54, 1.807) is 48.5 Å². The normalized spacial score (nSPS) is 12.0. The van der Waals surface area contributed by atoms with Crippen molar-refractivity contribution in [2.24, 2.45) is 0 Å². The van der Waals surface area contributed by atoms with Gasteiger partial charge in [-0.15, -0.1) is 0 Å². The van der Waals surface area contributed by atoms with Crippen molar-refractivity contribution in [2.75, 3.05) is 0 Å². The Kier molecular flexibility index (Phi) is 11.2.